The lowest BCUT2D eigenvalue weighted by atomic mass is 10.0. The number of halogens is 2. The van der Waals surface area contributed by atoms with Crippen molar-refractivity contribution in [2.45, 2.75) is 19.8 Å². The second-order valence-electron chi connectivity index (χ2n) is 7.44. The number of allylic oxidation sites excluding steroid dienone is 1. The van der Waals surface area contributed by atoms with Crippen LogP contribution in [-0.2, 0) is 4.74 Å². The summed E-state index contributed by atoms with van der Waals surface area (Å²) in [7, 11) is 0. The largest absolute Gasteiger partial charge is 0.423 e. The molecule has 0 saturated carbocycles. The first-order valence-corrected chi connectivity index (χ1v) is 10.4. The number of rotatable bonds is 5. The Hall–Kier alpha value is -4.13. The van der Waals surface area contributed by atoms with Crippen LogP contribution in [0.25, 0.3) is 5.76 Å². The molecule has 1 aliphatic heterocycles. The smallest absolute Gasteiger partial charge is 0.344 e. The number of cyclic esters (lactones) is 1. The Morgan fingerprint density at radius 2 is 1.39 bits per heavy atom. The molecule has 0 radical (unpaired) electrons. The summed E-state index contributed by atoms with van der Waals surface area (Å²) in [5, 5.41) is 0. The lowest BCUT2D eigenvalue weighted by Gasteiger charge is -2.22. The van der Waals surface area contributed by atoms with Crippen molar-refractivity contribution in [3.8, 4) is 0 Å². The van der Waals surface area contributed by atoms with Gasteiger partial charge in [-0.2, -0.15) is 0 Å². The molecule has 3 aromatic rings. The number of nitrogens with zero attached hydrogens (tertiary/aromatic N) is 1. The fourth-order valence-corrected chi connectivity index (χ4v) is 3.46. The van der Waals surface area contributed by atoms with Gasteiger partial charge in [0.25, 0.3) is 11.8 Å². The number of hydrogen-bond donors (Lipinski definition) is 0. The third-order valence-corrected chi connectivity index (χ3v) is 5.16. The summed E-state index contributed by atoms with van der Waals surface area (Å²) >= 11 is 0. The van der Waals surface area contributed by atoms with E-state index >= 15 is 0 Å². The van der Waals surface area contributed by atoms with Crippen LogP contribution in [-0.4, -0.2) is 17.8 Å². The number of benzene rings is 3. The second-order valence-corrected chi connectivity index (χ2v) is 7.44. The van der Waals surface area contributed by atoms with Crippen molar-refractivity contribution < 1.29 is 27.9 Å². The number of carbonyl (C=O) groups excluding carboxylic acids is 3. The Morgan fingerprint density at radius 1 is 0.848 bits per heavy atom. The van der Waals surface area contributed by atoms with Gasteiger partial charge in [-0.25, -0.2) is 18.5 Å². The molecule has 5 nitrogen and oxygen atoms in total. The molecule has 0 atom stereocenters. The standard InChI is InChI=1S/C26H19F2NO4/c1-2-3-4-23-22-15-20(13-14-21(22)26(32)33-23)29(24(30)16-5-9-18(27)10-6-16)25(31)17-7-11-19(28)12-8-17/h4-15H,2-3H2,1H3/b23-4-. The molecule has 0 N–H and O–H groups in total. The van der Waals surface area contributed by atoms with Crippen molar-refractivity contribution in [3.05, 3.63) is 107 Å². The molecule has 166 valence electrons. The van der Waals surface area contributed by atoms with Gasteiger partial charge in [-0.1, -0.05) is 13.3 Å². The van der Waals surface area contributed by atoms with Crippen LogP contribution in [0.4, 0.5) is 14.5 Å². The highest BCUT2D eigenvalue weighted by Crippen LogP contribution is 2.34. The van der Waals surface area contributed by atoms with E-state index in [1.807, 2.05) is 6.92 Å². The summed E-state index contributed by atoms with van der Waals surface area (Å²) in [6.07, 6.45) is 3.30. The van der Waals surface area contributed by atoms with Gasteiger partial charge in [0.15, 0.2) is 0 Å². The van der Waals surface area contributed by atoms with Gasteiger partial charge in [0.2, 0.25) is 0 Å². The summed E-state index contributed by atoms with van der Waals surface area (Å²) in [6, 6.07) is 14.1. The first-order chi connectivity index (χ1) is 15.9. The maximum Gasteiger partial charge on any atom is 0.344 e. The number of carbonyl (C=O) groups is 3. The summed E-state index contributed by atoms with van der Waals surface area (Å²) in [4.78, 5) is 39.8. The van der Waals surface area contributed by atoms with Crippen molar-refractivity contribution >= 4 is 29.2 Å². The van der Waals surface area contributed by atoms with Crippen LogP contribution >= 0.6 is 0 Å². The zero-order chi connectivity index (χ0) is 23.5. The van der Waals surface area contributed by atoms with E-state index in [1.165, 1.54) is 42.5 Å². The van der Waals surface area contributed by atoms with Crippen molar-refractivity contribution in [2.75, 3.05) is 4.90 Å². The maximum atomic E-state index is 13.4. The molecule has 0 aromatic heterocycles. The average molecular weight is 447 g/mol. The van der Waals surface area contributed by atoms with Crippen LogP contribution in [0.15, 0.2) is 72.8 Å². The number of anilines is 1. The lowest BCUT2D eigenvalue weighted by molar-refractivity contribution is 0.0714. The van der Waals surface area contributed by atoms with Crippen LogP contribution in [0.3, 0.4) is 0 Å². The zero-order valence-electron chi connectivity index (χ0n) is 17.7. The summed E-state index contributed by atoms with van der Waals surface area (Å²) in [5.41, 5.74) is 1.15. The molecule has 7 heteroatoms. The van der Waals surface area contributed by atoms with Crippen molar-refractivity contribution in [1.29, 1.82) is 0 Å². The van der Waals surface area contributed by atoms with Gasteiger partial charge in [-0.3, -0.25) is 9.59 Å². The number of ether oxygens (including phenoxy) is 1. The predicted octanol–water partition coefficient (Wildman–Crippen LogP) is 5.76. The maximum absolute atomic E-state index is 13.4. The molecule has 33 heavy (non-hydrogen) atoms. The number of fused-ring (bicyclic) bond motifs is 1. The van der Waals surface area contributed by atoms with Crippen LogP contribution in [0.2, 0.25) is 0 Å². The fourth-order valence-electron chi connectivity index (χ4n) is 3.46. The summed E-state index contributed by atoms with van der Waals surface area (Å²) in [6.45, 7) is 1.98. The van der Waals surface area contributed by atoms with Crippen LogP contribution in [0.5, 0.6) is 0 Å². The van der Waals surface area contributed by atoms with Gasteiger partial charge in [0.05, 0.1) is 11.3 Å². The number of amides is 2. The minimum atomic E-state index is -0.700. The number of imide groups is 1. The summed E-state index contributed by atoms with van der Waals surface area (Å²) in [5.74, 6) is -2.60. The molecular weight excluding hydrogens is 428 g/mol. The topological polar surface area (TPSA) is 63.7 Å². The predicted molar refractivity (Wildman–Crippen MR) is 119 cm³/mol. The van der Waals surface area contributed by atoms with Crippen molar-refractivity contribution in [2.24, 2.45) is 0 Å². The monoisotopic (exact) mass is 447 g/mol. The van der Waals surface area contributed by atoms with Gasteiger partial charge in [0, 0.05) is 16.7 Å². The zero-order valence-corrected chi connectivity index (χ0v) is 17.7. The first kappa shape index (κ1) is 22.1. The highest BCUT2D eigenvalue weighted by atomic mass is 19.1. The van der Waals surface area contributed by atoms with E-state index in [1.54, 1.807) is 6.08 Å². The first-order valence-electron chi connectivity index (χ1n) is 10.4. The molecule has 0 fully saturated rings. The van der Waals surface area contributed by atoms with Gasteiger partial charge in [-0.15, -0.1) is 0 Å². The van der Waals surface area contributed by atoms with E-state index < -0.39 is 29.4 Å². The molecule has 0 saturated heterocycles. The van der Waals surface area contributed by atoms with E-state index in [0.717, 1.165) is 35.6 Å². The molecule has 0 unspecified atom stereocenters. The van der Waals surface area contributed by atoms with E-state index in [4.69, 9.17) is 4.74 Å². The van der Waals surface area contributed by atoms with E-state index in [9.17, 15) is 23.2 Å². The fraction of sp³-hybridized carbons (Fsp3) is 0.115. The molecule has 0 aliphatic carbocycles. The second kappa shape index (κ2) is 9.16. The van der Waals surface area contributed by atoms with E-state index in [-0.39, 0.29) is 16.8 Å². The Labute approximate surface area is 188 Å². The highest BCUT2D eigenvalue weighted by molar-refractivity contribution is 6.26. The SMILES string of the molecule is CCC/C=C1\OC(=O)c2ccc(N(C(=O)c3ccc(F)cc3)C(=O)c3ccc(F)cc3)cc21. The van der Waals surface area contributed by atoms with Crippen LogP contribution in [0.1, 0.15) is 56.4 Å². The van der Waals surface area contributed by atoms with Gasteiger partial charge in [0.1, 0.15) is 17.4 Å². The molecule has 0 spiro atoms. The Balaban J connectivity index is 1.82. The molecule has 4 rings (SSSR count). The van der Waals surface area contributed by atoms with Crippen molar-refractivity contribution in [3.63, 3.8) is 0 Å². The Morgan fingerprint density at radius 3 is 1.91 bits per heavy atom. The molecule has 0 bridgehead atoms. The van der Waals surface area contributed by atoms with E-state index in [2.05, 4.69) is 0 Å². The number of unbranched alkanes of at least 4 members (excludes halogenated alkanes) is 1. The molecular formula is C26H19F2NO4. The van der Waals surface area contributed by atoms with E-state index in [0.29, 0.717) is 23.3 Å². The molecule has 1 aliphatic rings. The Kier molecular flexibility index (Phi) is 6.13. The van der Waals surface area contributed by atoms with Crippen LogP contribution < -0.4 is 4.90 Å². The molecule has 3 aromatic carbocycles. The third kappa shape index (κ3) is 4.43. The average Bonchev–Trinajstić information content (AvgIpc) is 3.13. The highest BCUT2D eigenvalue weighted by Gasteiger charge is 2.31. The quantitative estimate of drug-likeness (QED) is 0.368. The van der Waals surface area contributed by atoms with Gasteiger partial charge >= 0.3 is 5.97 Å². The Bertz CT molecular complexity index is 1210. The summed E-state index contributed by atoms with van der Waals surface area (Å²) < 4.78 is 32.1. The third-order valence-electron chi connectivity index (χ3n) is 5.16. The number of hydrogen-bond acceptors (Lipinski definition) is 4. The number of esters is 1. The minimum absolute atomic E-state index is 0.0847. The molecule has 2 amide bonds. The minimum Gasteiger partial charge on any atom is -0.423 e. The van der Waals surface area contributed by atoms with Crippen molar-refractivity contribution in [1.82, 2.24) is 0 Å². The molecule has 1 heterocycles. The van der Waals surface area contributed by atoms with Crippen LogP contribution in [0, 0.1) is 11.6 Å². The van der Waals surface area contributed by atoms with Gasteiger partial charge in [-0.05, 0) is 79.2 Å². The normalized spacial score (nSPS) is 13.5. The van der Waals surface area contributed by atoms with Gasteiger partial charge < -0.3 is 4.74 Å². The lowest BCUT2D eigenvalue weighted by Crippen LogP contribution is -2.37.